The molecule has 1 aliphatic carbocycles. The maximum Gasteiger partial charge on any atom is 0.298 e. The minimum absolute atomic E-state index is 0.0419. The number of carbonyl (C=O) groups excluding carboxylic acids is 1. The minimum Gasteiger partial charge on any atom is -0.454 e. The van der Waals surface area contributed by atoms with E-state index in [2.05, 4.69) is 20.9 Å². The van der Waals surface area contributed by atoms with Gasteiger partial charge in [0.2, 0.25) is 12.7 Å². The molecule has 7 heteroatoms. The van der Waals surface area contributed by atoms with E-state index in [1.165, 1.54) is 12.8 Å². The zero-order valence-electron chi connectivity index (χ0n) is 18.7. The van der Waals surface area contributed by atoms with Crippen molar-refractivity contribution in [3.8, 4) is 11.5 Å². The largest absolute Gasteiger partial charge is 0.454 e. The lowest BCUT2D eigenvalue weighted by molar-refractivity contribution is -0.139. The number of fused-ring (bicyclic) bond motifs is 2. The van der Waals surface area contributed by atoms with E-state index < -0.39 is 0 Å². The first kappa shape index (κ1) is 20.4. The average molecular weight is 448 g/mol. The Kier molecular flexibility index (Phi) is 5.32. The van der Waals surface area contributed by atoms with Gasteiger partial charge in [-0.2, -0.15) is 4.98 Å². The molecule has 0 bridgehead atoms. The van der Waals surface area contributed by atoms with Gasteiger partial charge < -0.3 is 23.7 Å². The Bertz CT molecular complexity index is 1110. The molecule has 2 aliphatic heterocycles. The molecule has 3 heterocycles. The summed E-state index contributed by atoms with van der Waals surface area (Å²) in [6, 6.07) is 14.9. The second-order valence-corrected chi connectivity index (χ2v) is 9.32. The van der Waals surface area contributed by atoms with E-state index in [9.17, 15) is 4.79 Å². The molecular formula is C26H29N3O4. The first-order chi connectivity index (χ1) is 16.2. The number of nitrogens with zero attached hydrogens (tertiary/aromatic N) is 3. The van der Waals surface area contributed by atoms with Crippen LogP contribution in [-0.4, -0.2) is 41.7 Å². The van der Waals surface area contributed by atoms with Crippen molar-refractivity contribution in [1.82, 2.24) is 9.88 Å². The van der Waals surface area contributed by atoms with Gasteiger partial charge in [-0.05, 0) is 55.5 Å². The van der Waals surface area contributed by atoms with Gasteiger partial charge in [0, 0.05) is 31.6 Å². The predicted molar refractivity (Wildman–Crippen MR) is 124 cm³/mol. The van der Waals surface area contributed by atoms with Crippen molar-refractivity contribution in [3.05, 3.63) is 48.0 Å². The standard InChI is InChI=1S/C26H29N3O4/c30-25(19-11-13-28(14-12-19)26-27-21-7-3-4-8-22(21)33-26)29(20-5-1-2-6-20)16-18-9-10-23-24(15-18)32-17-31-23/h3-4,7-10,15,19-20H,1-2,5-6,11-14,16-17H2. The molecule has 1 aromatic heterocycles. The smallest absolute Gasteiger partial charge is 0.298 e. The number of oxazole rings is 1. The highest BCUT2D eigenvalue weighted by Gasteiger charge is 2.34. The molecule has 1 saturated carbocycles. The summed E-state index contributed by atoms with van der Waals surface area (Å²) < 4.78 is 16.9. The number of rotatable bonds is 5. The van der Waals surface area contributed by atoms with E-state index in [0.717, 1.165) is 66.9 Å². The number of aromatic nitrogens is 1. The first-order valence-corrected chi connectivity index (χ1v) is 12.0. The van der Waals surface area contributed by atoms with Crippen LogP contribution in [0.5, 0.6) is 11.5 Å². The van der Waals surface area contributed by atoms with Gasteiger partial charge in [-0.25, -0.2) is 0 Å². The molecule has 7 nitrogen and oxygen atoms in total. The van der Waals surface area contributed by atoms with Crippen LogP contribution in [0.1, 0.15) is 44.1 Å². The first-order valence-electron chi connectivity index (χ1n) is 12.0. The molecule has 0 unspecified atom stereocenters. The van der Waals surface area contributed by atoms with Crippen LogP contribution in [0, 0.1) is 5.92 Å². The number of anilines is 1. The van der Waals surface area contributed by atoms with E-state index in [0.29, 0.717) is 18.6 Å². The highest BCUT2D eigenvalue weighted by atomic mass is 16.7. The zero-order chi connectivity index (χ0) is 22.2. The SMILES string of the molecule is O=C(C1CCN(c2nc3ccccc3o2)CC1)N(Cc1ccc2c(c1)OCO2)C1CCCC1. The summed E-state index contributed by atoms with van der Waals surface area (Å²) in [4.78, 5) is 22.7. The van der Waals surface area contributed by atoms with Crippen LogP contribution in [0.3, 0.4) is 0 Å². The fourth-order valence-electron chi connectivity index (χ4n) is 5.39. The molecule has 33 heavy (non-hydrogen) atoms. The third-order valence-electron chi connectivity index (χ3n) is 7.24. The molecular weight excluding hydrogens is 418 g/mol. The third-order valence-corrected chi connectivity index (χ3v) is 7.24. The van der Waals surface area contributed by atoms with Crippen molar-refractivity contribution < 1.29 is 18.7 Å². The molecule has 1 amide bonds. The molecule has 1 saturated heterocycles. The Morgan fingerprint density at radius 3 is 2.61 bits per heavy atom. The third kappa shape index (κ3) is 4.01. The van der Waals surface area contributed by atoms with Crippen LogP contribution < -0.4 is 14.4 Å². The van der Waals surface area contributed by atoms with Gasteiger partial charge >= 0.3 is 0 Å². The zero-order valence-corrected chi connectivity index (χ0v) is 18.7. The van der Waals surface area contributed by atoms with Gasteiger partial charge in [0.15, 0.2) is 17.1 Å². The van der Waals surface area contributed by atoms with Crippen LogP contribution in [-0.2, 0) is 11.3 Å². The molecule has 0 radical (unpaired) electrons. The van der Waals surface area contributed by atoms with E-state index in [1.54, 1.807) is 0 Å². The van der Waals surface area contributed by atoms with Crippen molar-refractivity contribution in [2.24, 2.45) is 5.92 Å². The van der Waals surface area contributed by atoms with Gasteiger partial charge in [-0.3, -0.25) is 4.79 Å². The molecule has 3 aliphatic rings. The second-order valence-electron chi connectivity index (χ2n) is 9.32. The summed E-state index contributed by atoms with van der Waals surface area (Å²) in [5, 5.41) is 0. The maximum atomic E-state index is 13.7. The van der Waals surface area contributed by atoms with Crippen LogP contribution in [0.2, 0.25) is 0 Å². The Morgan fingerprint density at radius 1 is 1.00 bits per heavy atom. The van der Waals surface area contributed by atoms with Gasteiger partial charge in [-0.1, -0.05) is 31.0 Å². The van der Waals surface area contributed by atoms with Crippen molar-refractivity contribution in [2.75, 3.05) is 24.8 Å². The highest BCUT2D eigenvalue weighted by Crippen LogP contribution is 2.35. The normalized spacial score (nSPS) is 18.8. The van der Waals surface area contributed by atoms with Crippen LogP contribution in [0.4, 0.5) is 6.01 Å². The number of piperidine rings is 1. The molecule has 3 aromatic rings. The summed E-state index contributed by atoms with van der Waals surface area (Å²) in [6.45, 7) is 2.46. The second kappa shape index (κ2) is 8.61. The van der Waals surface area contributed by atoms with Crippen LogP contribution >= 0.6 is 0 Å². The van der Waals surface area contributed by atoms with Crippen molar-refractivity contribution in [1.29, 1.82) is 0 Å². The van der Waals surface area contributed by atoms with Gasteiger partial charge in [0.05, 0.1) is 0 Å². The number of amides is 1. The number of para-hydroxylation sites is 2. The number of hydrogen-bond donors (Lipinski definition) is 0. The lowest BCUT2D eigenvalue weighted by Gasteiger charge is -2.36. The molecule has 172 valence electrons. The quantitative estimate of drug-likeness (QED) is 0.563. The van der Waals surface area contributed by atoms with Gasteiger partial charge in [-0.15, -0.1) is 0 Å². The lowest BCUT2D eigenvalue weighted by atomic mass is 9.94. The van der Waals surface area contributed by atoms with Gasteiger partial charge in [0.1, 0.15) is 5.52 Å². The lowest BCUT2D eigenvalue weighted by Crippen LogP contribution is -2.45. The van der Waals surface area contributed by atoms with E-state index >= 15 is 0 Å². The highest BCUT2D eigenvalue weighted by molar-refractivity contribution is 5.80. The number of hydrogen-bond acceptors (Lipinski definition) is 6. The summed E-state index contributed by atoms with van der Waals surface area (Å²) in [7, 11) is 0. The molecule has 0 N–H and O–H groups in total. The molecule has 0 spiro atoms. The summed E-state index contributed by atoms with van der Waals surface area (Å²) >= 11 is 0. The summed E-state index contributed by atoms with van der Waals surface area (Å²) in [5.74, 6) is 1.89. The van der Waals surface area contributed by atoms with Crippen LogP contribution in [0.25, 0.3) is 11.1 Å². The Hall–Kier alpha value is -3.22. The summed E-state index contributed by atoms with van der Waals surface area (Å²) in [5.41, 5.74) is 2.78. The van der Waals surface area contributed by atoms with E-state index in [1.807, 2.05) is 36.4 Å². The van der Waals surface area contributed by atoms with Gasteiger partial charge in [0.25, 0.3) is 6.01 Å². The van der Waals surface area contributed by atoms with Crippen LogP contribution in [0.15, 0.2) is 46.9 Å². The monoisotopic (exact) mass is 447 g/mol. The van der Waals surface area contributed by atoms with Crippen molar-refractivity contribution in [2.45, 2.75) is 51.1 Å². The number of carbonyl (C=O) groups is 1. The Morgan fingerprint density at radius 2 is 1.79 bits per heavy atom. The predicted octanol–water partition coefficient (Wildman–Crippen LogP) is 4.74. The van der Waals surface area contributed by atoms with E-state index in [-0.39, 0.29) is 18.6 Å². The average Bonchev–Trinajstić information content (AvgIpc) is 3.62. The maximum absolute atomic E-state index is 13.7. The molecule has 2 aromatic carbocycles. The Labute approximate surface area is 193 Å². The van der Waals surface area contributed by atoms with Crippen molar-refractivity contribution in [3.63, 3.8) is 0 Å². The topological polar surface area (TPSA) is 68.0 Å². The molecule has 0 atom stereocenters. The summed E-state index contributed by atoms with van der Waals surface area (Å²) in [6.07, 6.45) is 6.23. The van der Waals surface area contributed by atoms with E-state index in [4.69, 9.17) is 13.9 Å². The Balaban J connectivity index is 1.15. The number of benzene rings is 2. The minimum atomic E-state index is 0.0419. The molecule has 6 rings (SSSR count). The molecule has 2 fully saturated rings. The fraction of sp³-hybridized carbons (Fsp3) is 0.462. The number of ether oxygens (including phenoxy) is 2. The van der Waals surface area contributed by atoms with Crippen molar-refractivity contribution >= 4 is 23.0 Å². The fourth-order valence-corrected chi connectivity index (χ4v) is 5.39.